The number of carbonyl (C=O) groups excluding carboxylic acids is 4. The van der Waals surface area contributed by atoms with Crippen LogP contribution in [0.5, 0.6) is 0 Å². The van der Waals surface area contributed by atoms with E-state index >= 15 is 0 Å². The Morgan fingerprint density at radius 1 is 0.761 bits per heavy atom. The Hall–Kier alpha value is -3.08. The van der Waals surface area contributed by atoms with Crippen LogP contribution >= 0.6 is 24.2 Å². The van der Waals surface area contributed by atoms with Crippen molar-refractivity contribution >= 4 is 47.8 Å². The Balaban J connectivity index is 0.00000480. The van der Waals surface area contributed by atoms with Crippen molar-refractivity contribution in [2.75, 3.05) is 18.6 Å². The summed E-state index contributed by atoms with van der Waals surface area (Å²) in [5.74, 6) is 1.77. The van der Waals surface area contributed by atoms with Crippen molar-refractivity contribution in [1.82, 2.24) is 21.3 Å². The molecule has 2 aromatic rings. The van der Waals surface area contributed by atoms with Gasteiger partial charge in [-0.05, 0) is 91.8 Å². The smallest absolute Gasteiger partial charge is 0.243 e. The van der Waals surface area contributed by atoms with Gasteiger partial charge in [0.1, 0.15) is 12.1 Å². The predicted molar refractivity (Wildman–Crippen MR) is 184 cm³/mol. The van der Waals surface area contributed by atoms with Crippen LogP contribution in [0, 0.1) is 23.7 Å². The molecule has 0 spiro atoms. The zero-order chi connectivity index (χ0) is 31.8. The van der Waals surface area contributed by atoms with Crippen LogP contribution < -0.4 is 27.0 Å². The van der Waals surface area contributed by atoms with Crippen molar-refractivity contribution in [2.45, 2.75) is 75.5 Å². The molecule has 4 amide bonds. The number of carbonyl (C=O) groups is 4. The third kappa shape index (κ3) is 9.72. The van der Waals surface area contributed by atoms with Crippen molar-refractivity contribution in [2.24, 2.45) is 29.4 Å². The van der Waals surface area contributed by atoms with E-state index in [9.17, 15) is 19.2 Å². The average molecular weight is 670 g/mol. The van der Waals surface area contributed by atoms with Crippen LogP contribution in [0.15, 0.2) is 60.7 Å². The van der Waals surface area contributed by atoms with Crippen LogP contribution in [-0.2, 0) is 32.0 Å². The number of benzene rings is 2. The highest BCUT2D eigenvalue weighted by atomic mass is 35.5. The van der Waals surface area contributed by atoms with Crippen molar-refractivity contribution < 1.29 is 19.2 Å². The summed E-state index contributed by atoms with van der Waals surface area (Å²) in [7, 11) is 0. The second kappa shape index (κ2) is 17.2. The van der Waals surface area contributed by atoms with Gasteiger partial charge in [-0.2, -0.15) is 11.8 Å². The summed E-state index contributed by atoms with van der Waals surface area (Å²) in [5, 5.41) is 11.7. The van der Waals surface area contributed by atoms with Crippen LogP contribution in [0.2, 0.25) is 0 Å². The molecule has 2 aromatic carbocycles. The van der Waals surface area contributed by atoms with E-state index in [0.29, 0.717) is 36.9 Å². The van der Waals surface area contributed by atoms with E-state index in [1.165, 1.54) is 32.1 Å². The van der Waals surface area contributed by atoms with Gasteiger partial charge in [0.25, 0.3) is 0 Å². The first-order valence-corrected chi connectivity index (χ1v) is 17.7. The lowest BCUT2D eigenvalue weighted by atomic mass is 9.54. The van der Waals surface area contributed by atoms with Gasteiger partial charge in [0.05, 0.1) is 12.6 Å². The first-order valence-electron chi connectivity index (χ1n) is 16.3. The van der Waals surface area contributed by atoms with Gasteiger partial charge in [-0.1, -0.05) is 60.7 Å². The maximum Gasteiger partial charge on any atom is 0.243 e. The quantitative estimate of drug-likeness (QED) is 0.197. The van der Waals surface area contributed by atoms with E-state index in [1.54, 1.807) is 11.8 Å². The van der Waals surface area contributed by atoms with Crippen molar-refractivity contribution in [3.05, 3.63) is 71.8 Å². The van der Waals surface area contributed by atoms with Gasteiger partial charge < -0.3 is 27.0 Å². The summed E-state index contributed by atoms with van der Waals surface area (Å²) in [6.45, 7) is -0.308. The number of nitrogens with two attached hydrogens (primary N) is 1. The highest BCUT2D eigenvalue weighted by Crippen LogP contribution is 2.53. The van der Waals surface area contributed by atoms with Crippen molar-refractivity contribution in [3.63, 3.8) is 0 Å². The van der Waals surface area contributed by atoms with Gasteiger partial charge in [-0.15, -0.1) is 12.4 Å². The zero-order valence-electron chi connectivity index (χ0n) is 26.5. The Labute approximate surface area is 282 Å². The molecule has 46 heavy (non-hydrogen) atoms. The number of hydrogen-bond donors (Lipinski definition) is 5. The molecule has 6 N–H and O–H groups in total. The SMILES string of the molecule is CSCC[C@@H](NC(=O)[C@H](N)Cc1ccccc1)C(=O)NCC(=O)N[C@@H](Cc1ccccc1)C(=O)NC1C2CC3CC(C2)CC1C3.Cl. The first kappa shape index (κ1) is 35.8. The lowest BCUT2D eigenvalue weighted by molar-refractivity contribution is -0.132. The van der Waals surface area contributed by atoms with Crippen LogP contribution in [0.25, 0.3) is 0 Å². The number of rotatable bonds is 15. The van der Waals surface area contributed by atoms with Gasteiger partial charge in [0.15, 0.2) is 0 Å². The van der Waals surface area contributed by atoms with E-state index in [2.05, 4.69) is 21.3 Å². The monoisotopic (exact) mass is 669 g/mol. The molecule has 0 unspecified atom stereocenters. The van der Waals surface area contributed by atoms with Gasteiger partial charge in [0.2, 0.25) is 23.6 Å². The lowest BCUT2D eigenvalue weighted by Gasteiger charge is -2.54. The van der Waals surface area contributed by atoms with Crippen LogP contribution in [0.3, 0.4) is 0 Å². The summed E-state index contributed by atoms with van der Waals surface area (Å²) < 4.78 is 0. The molecular formula is C35H48ClN5O4S. The van der Waals surface area contributed by atoms with E-state index in [0.717, 1.165) is 23.0 Å². The molecule has 250 valence electrons. The van der Waals surface area contributed by atoms with Crippen LogP contribution in [0.1, 0.15) is 49.7 Å². The summed E-state index contributed by atoms with van der Waals surface area (Å²) >= 11 is 1.56. The molecular weight excluding hydrogens is 622 g/mol. The number of halogens is 1. The number of thioether (sulfide) groups is 1. The number of nitrogens with one attached hydrogen (secondary N) is 4. The topological polar surface area (TPSA) is 142 Å². The van der Waals surface area contributed by atoms with E-state index in [-0.39, 0.29) is 30.9 Å². The van der Waals surface area contributed by atoms with E-state index in [4.69, 9.17) is 5.73 Å². The summed E-state index contributed by atoms with van der Waals surface area (Å²) in [6, 6.07) is 16.9. The molecule has 3 atom stereocenters. The number of amides is 4. The zero-order valence-corrected chi connectivity index (χ0v) is 28.1. The third-order valence-electron chi connectivity index (χ3n) is 9.77. The molecule has 6 rings (SSSR count). The van der Waals surface area contributed by atoms with Gasteiger partial charge >= 0.3 is 0 Å². The molecule has 9 nitrogen and oxygen atoms in total. The molecule has 0 aromatic heterocycles. The molecule has 0 radical (unpaired) electrons. The van der Waals surface area contributed by atoms with Gasteiger partial charge in [-0.3, -0.25) is 19.2 Å². The fourth-order valence-corrected chi connectivity index (χ4v) is 8.24. The minimum absolute atomic E-state index is 0. The maximum atomic E-state index is 13.7. The van der Waals surface area contributed by atoms with Crippen molar-refractivity contribution in [3.8, 4) is 0 Å². The van der Waals surface area contributed by atoms with E-state index in [1.807, 2.05) is 66.9 Å². The van der Waals surface area contributed by atoms with Gasteiger partial charge in [0, 0.05) is 12.5 Å². The molecule has 4 aliphatic rings. The standard InChI is InChI=1S/C35H47N5O4S.ClH/c1-45-13-12-29(39-33(42)28(36)19-22-8-4-2-5-9-22)34(43)37-21-31(41)38-30(20-23-10-6-3-7-11-23)35(44)40-32-26-15-24-14-25(17-26)18-27(32)16-24;/h2-11,24-30,32H,12-21,36H2,1H3,(H,37,43)(H,38,41)(H,39,42)(H,40,44);1H/t24?,25?,26?,27?,28-,29-,30+,32?;/m1./s1. The average Bonchev–Trinajstić information content (AvgIpc) is 3.03. The predicted octanol–water partition coefficient (Wildman–Crippen LogP) is 3.00. The molecule has 4 saturated carbocycles. The summed E-state index contributed by atoms with van der Waals surface area (Å²) in [4.78, 5) is 52.8. The second-order valence-electron chi connectivity index (χ2n) is 13.1. The van der Waals surface area contributed by atoms with Crippen LogP contribution in [-0.4, -0.2) is 66.3 Å². The molecule has 4 bridgehead atoms. The first-order chi connectivity index (χ1) is 21.8. The summed E-state index contributed by atoms with van der Waals surface area (Å²) in [6.07, 6.45) is 9.10. The van der Waals surface area contributed by atoms with Crippen LogP contribution in [0.4, 0.5) is 0 Å². The fraction of sp³-hybridized carbons (Fsp3) is 0.543. The Morgan fingerprint density at radius 2 is 1.33 bits per heavy atom. The minimum Gasteiger partial charge on any atom is -0.351 e. The Kier molecular flexibility index (Phi) is 13.4. The second-order valence-corrected chi connectivity index (χ2v) is 14.1. The molecule has 0 heterocycles. The highest BCUT2D eigenvalue weighted by Gasteiger charge is 2.49. The van der Waals surface area contributed by atoms with E-state index < -0.39 is 35.8 Å². The normalized spacial score (nSPS) is 24.5. The molecule has 4 fully saturated rings. The molecule has 0 saturated heterocycles. The number of hydrogen-bond acceptors (Lipinski definition) is 6. The lowest BCUT2D eigenvalue weighted by Crippen LogP contribution is -2.60. The maximum absolute atomic E-state index is 13.7. The Bertz CT molecular complexity index is 1290. The summed E-state index contributed by atoms with van der Waals surface area (Å²) in [5.41, 5.74) is 8.02. The van der Waals surface area contributed by atoms with Crippen molar-refractivity contribution in [1.29, 1.82) is 0 Å². The van der Waals surface area contributed by atoms with Gasteiger partial charge in [-0.25, -0.2) is 0 Å². The molecule has 11 heteroatoms. The highest BCUT2D eigenvalue weighted by molar-refractivity contribution is 7.98. The fourth-order valence-electron chi connectivity index (χ4n) is 7.76. The molecule has 4 aliphatic carbocycles. The minimum atomic E-state index is -0.833. The molecule has 0 aliphatic heterocycles. The largest absolute Gasteiger partial charge is 0.351 e. The third-order valence-corrected chi connectivity index (χ3v) is 10.4. The Morgan fingerprint density at radius 3 is 1.89 bits per heavy atom.